The van der Waals surface area contributed by atoms with Gasteiger partial charge in [0.2, 0.25) is 0 Å². The smallest absolute Gasteiger partial charge is 0.254 e. The van der Waals surface area contributed by atoms with Crippen LogP contribution in [0.5, 0.6) is 0 Å². The van der Waals surface area contributed by atoms with Crippen LogP contribution in [0.15, 0.2) is 10.5 Å². The molecule has 0 spiro atoms. The second kappa shape index (κ2) is 5.56. The molecule has 1 heterocycles. The van der Waals surface area contributed by atoms with E-state index >= 15 is 0 Å². The molecule has 15 heavy (non-hydrogen) atoms. The number of nitrogens with one attached hydrogen (secondary N) is 2. The van der Waals surface area contributed by atoms with Crippen LogP contribution >= 0.6 is 0 Å². The van der Waals surface area contributed by atoms with Crippen molar-refractivity contribution in [3.05, 3.63) is 23.2 Å². The summed E-state index contributed by atoms with van der Waals surface area (Å²) < 4.78 is 5.29. The second-order valence-electron chi connectivity index (χ2n) is 3.54. The number of rotatable bonds is 5. The highest BCUT2D eigenvalue weighted by molar-refractivity contribution is 5.95. The number of hydrogen-bond acceptors (Lipinski definition) is 3. The molecular formula is C11H18N2O2. The Morgan fingerprint density at radius 2 is 2.13 bits per heavy atom. The fourth-order valence-electron chi connectivity index (χ4n) is 1.42. The highest BCUT2D eigenvalue weighted by Crippen LogP contribution is 2.12. The molecule has 1 rings (SSSR count). The molecule has 0 bridgehead atoms. The van der Waals surface area contributed by atoms with Crippen LogP contribution in [0.4, 0.5) is 0 Å². The number of carbonyl (C=O) groups is 1. The van der Waals surface area contributed by atoms with Gasteiger partial charge in [-0.25, -0.2) is 0 Å². The molecule has 0 fully saturated rings. The molecule has 0 saturated heterocycles. The van der Waals surface area contributed by atoms with E-state index in [0.717, 1.165) is 18.7 Å². The average Bonchev–Trinajstić information content (AvgIpc) is 2.52. The Morgan fingerprint density at radius 3 is 2.67 bits per heavy atom. The molecule has 0 atom stereocenters. The Bertz CT molecular complexity index is 331. The molecule has 2 N–H and O–H groups in total. The lowest BCUT2D eigenvalue weighted by molar-refractivity contribution is 0.0952. The Labute approximate surface area is 90.0 Å². The summed E-state index contributed by atoms with van der Waals surface area (Å²) in [5.41, 5.74) is 0.636. The molecule has 0 aliphatic rings. The first-order valence-corrected chi connectivity index (χ1v) is 5.15. The summed E-state index contributed by atoms with van der Waals surface area (Å²) in [5, 5.41) is 5.88. The fraction of sp³-hybridized carbons (Fsp3) is 0.545. The summed E-state index contributed by atoms with van der Waals surface area (Å²) in [6, 6.07) is 1.77. The van der Waals surface area contributed by atoms with Gasteiger partial charge in [-0.1, -0.05) is 0 Å². The number of aryl methyl sites for hydroxylation is 2. The molecule has 1 amide bonds. The van der Waals surface area contributed by atoms with Gasteiger partial charge in [-0.3, -0.25) is 4.79 Å². The maximum Gasteiger partial charge on any atom is 0.254 e. The maximum atomic E-state index is 11.7. The molecule has 0 radical (unpaired) electrons. The van der Waals surface area contributed by atoms with Crippen molar-refractivity contribution in [2.45, 2.75) is 20.3 Å². The Kier molecular flexibility index (Phi) is 4.37. The molecule has 4 nitrogen and oxygen atoms in total. The van der Waals surface area contributed by atoms with Gasteiger partial charge in [0.25, 0.3) is 5.91 Å². The number of carbonyl (C=O) groups excluding carboxylic acids is 1. The van der Waals surface area contributed by atoms with Crippen LogP contribution in [0.3, 0.4) is 0 Å². The molecule has 0 aliphatic carbocycles. The van der Waals surface area contributed by atoms with Gasteiger partial charge in [0.15, 0.2) is 0 Å². The zero-order valence-corrected chi connectivity index (χ0v) is 9.52. The van der Waals surface area contributed by atoms with Gasteiger partial charge in [0.1, 0.15) is 11.5 Å². The summed E-state index contributed by atoms with van der Waals surface area (Å²) in [5.74, 6) is 1.40. The lowest BCUT2D eigenvalue weighted by atomic mass is 10.2. The van der Waals surface area contributed by atoms with E-state index in [1.807, 2.05) is 14.0 Å². The van der Waals surface area contributed by atoms with E-state index in [2.05, 4.69) is 10.6 Å². The molecule has 0 unspecified atom stereocenters. The molecule has 84 valence electrons. The van der Waals surface area contributed by atoms with Crippen LogP contribution in [-0.2, 0) is 0 Å². The predicted molar refractivity (Wildman–Crippen MR) is 59.1 cm³/mol. The molecule has 1 aromatic heterocycles. The summed E-state index contributed by atoms with van der Waals surface area (Å²) in [7, 11) is 1.89. The van der Waals surface area contributed by atoms with Crippen LogP contribution in [0.1, 0.15) is 28.3 Å². The van der Waals surface area contributed by atoms with E-state index in [1.165, 1.54) is 0 Å². The SMILES string of the molecule is CNCCCNC(=O)c1cc(C)oc1C. The standard InChI is InChI=1S/C11H18N2O2/c1-8-7-10(9(2)15-8)11(14)13-6-4-5-12-3/h7,12H,4-6H2,1-3H3,(H,13,14). The average molecular weight is 210 g/mol. The minimum Gasteiger partial charge on any atom is -0.466 e. The zero-order chi connectivity index (χ0) is 11.3. The fourth-order valence-corrected chi connectivity index (χ4v) is 1.42. The van der Waals surface area contributed by atoms with E-state index < -0.39 is 0 Å². The van der Waals surface area contributed by atoms with Gasteiger partial charge < -0.3 is 15.1 Å². The molecule has 0 aromatic carbocycles. The van der Waals surface area contributed by atoms with Crippen molar-refractivity contribution < 1.29 is 9.21 Å². The first kappa shape index (κ1) is 11.8. The van der Waals surface area contributed by atoms with Gasteiger partial charge in [-0.2, -0.15) is 0 Å². The van der Waals surface area contributed by atoms with Gasteiger partial charge in [0, 0.05) is 6.54 Å². The summed E-state index contributed by atoms with van der Waals surface area (Å²) in [6.07, 6.45) is 0.929. The molecule has 0 saturated carbocycles. The first-order valence-electron chi connectivity index (χ1n) is 5.15. The van der Waals surface area contributed by atoms with Crippen LogP contribution in [0, 0.1) is 13.8 Å². The lowest BCUT2D eigenvalue weighted by Crippen LogP contribution is -2.26. The minimum atomic E-state index is -0.0551. The summed E-state index contributed by atoms with van der Waals surface area (Å²) in [4.78, 5) is 11.7. The monoisotopic (exact) mass is 210 g/mol. The number of furan rings is 1. The molecular weight excluding hydrogens is 192 g/mol. The van der Waals surface area contributed by atoms with Crippen molar-refractivity contribution >= 4 is 5.91 Å². The van der Waals surface area contributed by atoms with Gasteiger partial charge >= 0.3 is 0 Å². The first-order chi connectivity index (χ1) is 7.15. The zero-order valence-electron chi connectivity index (χ0n) is 9.52. The van der Waals surface area contributed by atoms with Crippen molar-refractivity contribution in [2.75, 3.05) is 20.1 Å². The molecule has 0 aliphatic heterocycles. The maximum absolute atomic E-state index is 11.7. The highest BCUT2D eigenvalue weighted by Gasteiger charge is 2.12. The third kappa shape index (κ3) is 3.40. The van der Waals surface area contributed by atoms with E-state index in [1.54, 1.807) is 13.0 Å². The topological polar surface area (TPSA) is 54.3 Å². The highest BCUT2D eigenvalue weighted by atomic mass is 16.3. The Morgan fingerprint density at radius 1 is 1.40 bits per heavy atom. The third-order valence-electron chi connectivity index (χ3n) is 2.17. The Hall–Kier alpha value is -1.29. The van der Waals surface area contributed by atoms with Crippen molar-refractivity contribution in [1.82, 2.24) is 10.6 Å². The van der Waals surface area contributed by atoms with Crippen LogP contribution in [0.25, 0.3) is 0 Å². The van der Waals surface area contributed by atoms with E-state index in [0.29, 0.717) is 17.9 Å². The molecule has 1 aromatic rings. The van der Waals surface area contributed by atoms with Crippen molar-refractivity contribution in [3.8, 4) is 0 Å². The van der Waals surface area contributed by atoms with Gasteiger partial charge in [-0.15, -0.1) is 0 Å². The quantitative estimate of drug-likeness (QED) is 0.719. The van der Waals surface area contributed by atoms with Gasteiger partial charge in [0.05, 0.1) is 5.56 Å². The second-order valence-corrected chi connectivity index (χ2v) is 3.54. The van der Waals surface area contributed by atoms with Crippen molar-refractivity contribution in [1.29, 1.82) is 0 Å². The Balaban J connectivity index is 2.43. The van der Waals surface area contributed by atoms with Gasteiger partial charge in [-0.05, 0) is 39.9 Å². The third-order valence-corrected chi connectivity index (χ3v) is 2.17. The van der Waals surface area contributed by atoms with E-state index in [-0.39, 0.29) is 5.91 Å². The summed E-state index contributed by atoms with van der Waals surface area (Å²) >= 11 is 0. The van der Waals surface area contributed by atoms with Crippen LogP contribution in [0.2, 0.25) is 0 Å². The minimum absolute atomic E-state index is 0.0551. The van der Waals surface area contributed by atoms with Crippen LogP contribution < -0.4 is 10.6 Å². The number of amides is 1. The predicted octanol–water partition coefficient (Wildman–Crippen LogP) is 1.24. The normalized spacial score (nSPS) is 10.3. The summed E-state index contributed by atoms with van der Waals surface area (Å²) in [6.45, 7) is 5.23. The van der Waals surface area contributed by atoms with Crippen LogP contribution in [-0.4, -0.2) is 26.0 Å². The lowest BCUT2D eigenvalue weighted by Gasteiger charge is -2.03. The van der Waals surface area contributed by atoms with E-state index in [4.69, 9.17) is 4.42 Å². The van der Waals surface area contributed by atoms with Crippen molar-refractivity contribution in [3.63, 3.8) is 0 Å². The van der Waals surface area contributed by atoms with E-state index in [9.17, 15) is 4.79 Å². The molecule has 4 heteroatoms. The number of hydrogen-bond donors (Lipinski definition) is 2. The van der Waals surface area contributed by atoms with Crippen molar-refractivity contribution in [2.24, 2.45) is 0 Å². The largest absolute Gasteiger partial charge is 0.466 e.